The quantitative estimate of drug-likeness (QED) is 0.436. The Labute approximate surface area is 101 Å². The lowest BCUT2D eigenvalue weighted by molar-refractivity contribution is -0.00819. The summed E-state index contributed by atoms with van der Waals surface area (Å²) in [4.78, 5) is 10.7. The maximum atomic E-state index is 11.0. The third kappa shape index (κ3) is 1.49. The van der Waals surface area contributed by atoms with Gasteiger partial charge < -0.3 is 0 Å². The molecule has 0 saturated heterocycles. The molecule has 3 nitrogen and oxygen atoms in total. The fraction of sp³-hybridized carbons (Fsp3) is 1.00. The predicted octanol–water partition coefficient (Wildman–Crippen LogP) is 3.89. The average molecular weight is 257 g/mol. The van der Waals surface area contributed by atoms with Crippen molar-refractivity contribution in [2.24, 2.45) is 28.3 Å². The minimum absolute atomic E-state index is 0.0848. The highest BCUT2D eigenvalue weighted by Gasteiger charge is 2.58. The minimum Gasteiger partial charge on any atom is -0.275 e. The predicted molar refractivity (Wildman–Crippen MR) is 65.6 cm³/mol. The molecule has 0 N–H and O–H groups in total. The first-order valence-corrected chi connectivity index (χ1v) is 7.85. The smallest absolute Gasteiger partial charge is 0.156 e. The molecule has 0 aliphatic heterocycles. The molecule has 0 aromatic heterocycles. The SMILES string of the molecule is O=NSC1(CP=O)C2CC3CC(C2)CC1C3. The highest BCUT2D eigenvalue weighted by atomic mass is 32.2. The van der Waals surface area contributed by atoms with Crippen molar-refractivity contribution in [3.8, 4) is 0 Å². The summed E-state index contributed by atoms with van der Waals surface area (Å²) in [5, 5.41) is 0. The maximum absolute atomic E-state index is 11.0. The lowest BCUT2D eigenvalue weighted by Gasteiger charge is -2.59. The van der Waals surface area contributed by atoms with Crippen LogP contribution in [0.4, 0.5) is 0 Å². The fourth-order valence-corrected chi connectivity index (χ4v) is 6.52. The largest absolute Gasteiger partial charge is 0.275 e. The number of nitrogens with zero attached hydrogens (tertiary/aromatic N) is 1. The van der Waals surface area contributed by atoms with Crippen LogP contribution in [-0.4, -0.2) is 10.9 Å². The molecule has 0 aromatic carbocycles. The zero-order valence-corrected chi connectivity index (χ0v) is 10.9. The minimum atomic E-state index is -0.0848. The number of hydrogen-bond donors (Lipinski definition) is 0. The van der Waals surface area contributed by atoms with Gasteiger partial charge in [0.15, 0.2) is 8.46 Å². The zero-order chi connectivity index (χ0) is 11.2. The summed E-state index contributed by atoms with van der Waals surface area (Å²) in [5.74, 6) is 2.94. The van der Waals surface area contributed by atoms with E-state index in [0.29, 0.717) is 18.0 Å². The summed E-state index contributed by atoms with van der Waals surface area (Å²) >= 11 is 1.20. The second kappa shape index (κ2) is 4.06. The standard InChI is InChI=1S/C11H16NO2PS/c13-12-16-11(6-15-14)9-2-7-1-8(4-9)5-10(11)3-7/h7-10H,1-6H2. The van der Waals surface area contributed by atoms with Crippen LogP contribution in [0.5, 0.6) is 0 Å². The van der Waals surface area contributed by atoms with Crippen LogP contribution in [0.3, 0.4) is 0 Å². The van der Waals surface area contributed by atoms with E-state index < -0.39 is 0 Å². The molecule has 0 radical (unpaired) electrons. The van der Waals surface area contributed by atoms with Gasteiger partial charge in [-0.15, -0.1) is 4.91 Å². The summed E-state index contributed by atoms with van der Waals surface area (Å²) in [6.07, 6.45) is 6.99. The van der Waals surface area contributed by atoms with E-state index in [9.17, 15) is 9.47 Å². The Kier molecular flexibility index (Phi) is 2.83. The maximum Gasteiger partial charge on any atom is 0.156 e. The number of nitroso groups, excluding NO2 is 1. The summed E-state index contributed by atoms with van der Waals surface area (Å²) in [5.41, 5.74) is 0. The normalized spacial score (nSPS) is 49.8. The van der Waals surface area contributed by atoms with Crippen molar-refractivity contribution >= 4 is 20.4 Å². The Balaban J connectivity index is 1.92. The molecule has 0 unspecified atom stereocenters. The third-order valence-electron chi connectivity index (χ3n) is 5.04. The summed E-state index contributed by atoms with van der Waals surface area (Å²) < 4.78 is 14.0. The lowest BCUT2D eigenvalue weighted by Crippen LogP contribution is -2.56. The molecule has 0 atom stereocenters. The van der Waals surface area contributed by atoms with Crippen LogP contribution in [0.2, 0.25) is 0 Å². The van der Waals surface area contributed by atoms with E-state index in [1.165, 1.54) is 44.1 Å². The summed E-state index contributed by atoms with van der Waals surface area (Å²) in [7, 11) is 0.183. The van der Waals surface area contributed by atoms with E-state index in [4.69, 9.17) is 0 Å². The monoisotopic (exact) mass is 257 g/mol. The van der Waals surface area contributed by atoms with Gasteiger partial charge in [-0.05, 0) is 55.8 Å². The van der Waals surface area contributed by atoms with Crippen LogP contribution in [0.25, 0.3) is 0 Å². The molecule has 4 aliphatic carbocycles. The Morgan fingerprint density at radius 2 is 1.69 bits per heavy atom. The summed E-state index contributed by atoms with van der Waals surface area (Å²) in [6, 6.07) is 0. The van der Waals surface area contributed by atoms with Crippen LogP contribution in [-0.2, 0) is 4.57 Å². The van der Waals surface area contributed by atoms with Gasteiger partial charge in [0.25, 0.3) is 0 Å². The van der Waals surface area contributed by atoms with Gasteiger partial charge in [-0.3, -0.25) is 4.57 Å². The number of hydrogen-bond acceptors (Lipinski definition) is 4. The Hall–Kier alpha value is 0.0500. The first-order valence-electron chi connectivity index (χ1n) is 6.08. The Bertz CT molecular complexity index is 283. The third-order valence-corrected chi connectivity index (χ3v) is 7.13. The molecule has 4 bridgehead atoms. The van der Waals surface area contributed by atoms with Gasteiger partial charge in [0.2, 0.25) is 0 Å². The van der Waals surface area contributed by atoms with Gasteiger partial charge in [-0.2, -0.15) is 0 Å². The molecule has 0 heterocycles. The summed E-state index contributed by atoms with van der Waals surface area (Å²) in [6.45, 7) is 0. The van der Waals surface area contributed by atoms with E-state index >= 15 is 0 Å². The van der Waals surface area contributed by atoms with Gasteiger partial charge in [0, 0.05) is 22.7 Å². The van der Waals surface area contributed by atoms with Crippen molar-refractivity contribution in [3.63, 3.8) is 0 Å². The van der Waals surface area contributed by atoms with Crippen molar-refractivity contribution in [3.05, 3.63) is 4.91 Å². The van der Waals surface area contributed by atoms with Crippen molar-refractivity contribution in [1.29, 1.82) is 0 Å². The Morgan fingerprint density at radius 1 is 1.12 bits per heavy atom. The molecule has 4 saturated carbocycles. The van der Waals surface area contributed by atoms with Crippen molar-refractivity contribution in [2.45, 2.75) is 36.9 Å². The fourth-order valence-electron chi connectivity index (χ4n) is 4.59. The number of rotatable bonds is 4. The van der Waals surface area contributed by atoms with E-state index in [1.807, 2.05) is 0 Å². The van der Waals surface area contributed by atoms with Gasteiger partial charge >= 0.3 is 0 Å². The molecular weight excluding hydrogens is 241 g/mol. The van der Waals surface area contributed by atoms with Crippen LogP contribution < -0.4 is 0 Å². The molecular formula is C11H16NO2PS. The lowest BCUT2D eigenvalue weighted by atomic mass is 9.52. The van der Waals surface area contributed by atoms with E-state index in [2.05, 4.69) is 4.58 Å². The average Bonchev–Trinajstić information content (AvgIpc) is 2.25. The van der Waals surface area contributed by atoms with E-state index in [-0.39, 0.29) is 13.2 Å². The first-order chi connectivity index (χ1) is 7.78. The van der Waals surface area contributed by atoms with Crippen molar-refractivity contribution in [2.75, 3.05) is 6.16 Å². The Morgan fingerprint density at radius 3 is 2.12 bits per heavy atom. The second-order valence-corrected chi connectivity index (χ2v) is 7.38. The molecule has 88 valence electrons. The zero-order valence-electron chi connectivity index (χ0n) is 9.17. The van der Waals surface area contributed by atoms with Gasteiger partial charge in [0.1, 0.15) is 0 Å². The molecule has 5 heteroatoms. The van der Waals surface area contributed by atoms with Crippen molar-refractivity contribution < 1.29 is 4.57 Å². The molecule has 4 rings (SSSR count). The highest BCUT2D eigenvalue weighted by Crippen LogP contribution is 2.63. The molecule has 4 fully saturated rings. The highest BCUT2D eigenvalue weighted by molar-refractivity contribution is 7.99. The molecule has 4 aliphatic rings. The van der Waals surface area contributed by atoms with Gasteiger partial charge in [-0.1, -0.05) is 0 Å². The molecule has 0 aromatic rings. The van der Waals surface area contributed by atoms with Crippen molar-refractivity contribution in [1.82, 2.24) is 0 Å². The topological polar surface area (TPSA) is 46.5 Å². The van der Waals surface area contributed by atoms with Crippen LogP contribution in [0, 0.1) is 28.6 Å². The second-order valence-electron chi connectivity index (χ2n) is 5.71. The molecule has 0 amide bonds. The van der Waals surface area contributed by atoms with Gasteiger partial charge in [-0.25, -0.2) is 0 Å². The van der Waals surface area contributed by atoms with Crippen LogP contribution >= 0.6 is 20.4 Å². The van der Waals surface area contributed by atoms with E-state index in [0.717, 1.165) is 11.8 Å². The van der Waals surface area contributed by atoms with Crippen LogP contribution in [0.15, 0.2) is 4.58 Å². The van der Waals surface area contributed by atoms with Crippen LogP contribution in [0.1, 0.15) is 32.1 Å². The molecule has 16 heavy (non-hydrogen) atoms. The first kappa shape index (κ1) is 11.2. The van der Waals surface area contributed by atoms with E-state index in [1.54, 1.807) is 0 Å². The molecule has 0 spiro atoms. The van der Waals surface area contributed by atoms with Gasteiger partial charge in [0.05, 0.1) is 4.75 Å².